The second-order valence-corrected chi connectivity index (χ2v) is 5.55. The molecule has 0 aliphatic rings. The molecule has 0 saturated carbocycles. The van der Waals surface area contributed by atoms with Gasteiger partial charge in [-0.1, -0.05) is 5.16 Å². The van der Waals surface area contributed by atoms with Crippen LogP contribution in [0.15, 0.2) is 63.4 Å². The molecule has 0 saturated heterocycles. The van der Waals surface area contributed by atoms with E-state index < -0.39 is 0 Å². The van der Waals surface area contributed by atoms with Crippen molar-refractivity contribution in [1.82, 2.24) is 9.97 Å². The van der Waals surface area contributed by atoms with Crippen molar-refractivity contribution < 1.29 is 9.25 Å². The number of rotatable bonds is 6. The van der Waals surface area contributed by atoms with Crippen molar-refractivity contribution in [2.24, 2.45) is 21.6 Å². The molecule has 3 aromatic rings. The Kier molecular flexibility index (Phi) is 5.46. The van der Waals surface area contributed by atoms with Gasteiger partial charge in [0, 0.05) is 30.1 Å². The van der Waals surface area contributed by atoms with Crippen molar-refractivity contribution >= 4 is 11.7 Å². The Labute approximate surface area is 156 Å². The zero-order valence-electron chi connectivity index (χ0n) is 15.1. The van der Waals surface area contributed by atoms with Crippen LogP contribution in [0.4, 0.5) is 0 Å². The fraction of sp³-hybridized carbons (Fsp3) is 0.158. The molecule has 0 amide bonds. The fourth-order valence-electron chi connectivity index (χ4n) is 2.41. The Morgan fingerprint density at radius 2 is 1.48 bits per heavy atom. The molecule has 27 heavy (non-hydrogen) atoms. The van der Waals surface area contributed by atoms with E-state index in [0.29, 0.717) is 40.9 Å². The highest BCUT2D eigenvalue weighted by Gasteiger charge is 2.10. The molecule has 0 bridgehead atoms. The topological polar surface area (TPSA) is 125 Å². The number of nitrogens with two attached hydrogens (primary N) is 2. The Morgan fingerprint density at radius 1 is 0.926 bits per heavy atom. The van der Waals surface area contributed by atoms with Crippen LogP contribution in [-0.2, 0) is 4.84 Å². The Hall–Kier alpha value is -3.68. The molecule has 0 spiro atoms. The maximum Gasteiger partial charge on any atom is 0.171 e. The number of nitrogens with zero attached hydrogens (tertiary/aromatic N) is 4. The molecule has 8 heteroatoms. The van der Waals surface area contributed by atoms with E-state index in [9.17, 15) is 0 Å². The van der Waals surface area contributed by atoms with Crippen LogP contribution in [0.25, 0.3) is 22.9 Å². The summed E-state index contributed by atoms with van der Waals surface area (Å²) >= 11 is 0. The summed E-state index contributed by atoms with van der Waals surface area (Å²) in [5.74, 6) is 1.98. The van der Waals surface area contributed by atoms with E-state index in [1.807, 2.05) is 31.2 Å². The van der Waals surface area contributed by atoms with Crippen LogP contribution in [0.5, 0.6) is 0 Å². The van der Waals surface area contributed by atoms with E-state index in [2.05, 4.69) is 25.0 Å². The van der Waals surface area contributed by atoms with E-state index in [0.717, 1.165) is 5.56 Å². The minimum atomic E-state index is 0.256. The number of oxime groups is 1. The summed E-state index contributed by atoms with van der Waals surface area (Å²) in [4.78, 5) is 17.6. The van der Waals surface area contributed by atoms with Crippen LogP contribution in [-0.4, -0.2) is 35.3 Å². The van der Waals surface area contributed by atoms with E-state index in [1.54, 1.807) is 24.5 Å². The minimum Gasteiger partial charge on any atom is -0.453 e. The largest absolute Gasteiger partial charge is 0.453 e. The number of amidine groups is 2. The molecular formula is C19H20N6O2. The predicted molar refractivity (Wildman–Crippen MR) is 104 cm³/mol. The summed E-state index contributed by atoms with van der Waals surface area (Å²) in [5, 5.41) is 3.68. The summed E-state index contributed by atoms with van der Waals surface area (Å²) < 4.78 is 5.88. The van der Waals surface area contributed by atoms with E-state index >= 15 is 0 Å². The fourth-order valence-corrected chi connectivity index (χ4v) is 2.41. The van der Waals surface area contributed by atoms with Crippen molar-refractivity contribution in [3.05, 3.63) is 59.9 Å². The van der Waals surface area contributed by atoms with Crippen LogP contribution in [0.3, 0.4) is 0 Å². The van der Waals surface area contributed by atoms with E-state index in [4.69, 9.17) is 15.9 Å². The lowest BCUT2D eigenvalue weighted by Gasteiger charge is -2.02. The molecule has 138 valence electrons. The Balaban J connectivity index is 1.80. The second kappa shape index (κ2) is 8.13. The number of aliphatic imine (C=N–C) groups is 1. The molecule has 3 aromatic heterocycles. The average molecular weight is 364 g/mol. The van der Waals surface area contributed by atoms with Crippen molar-refractivity contribution in [3.63, 3.8) is 0 Å². The van der Waals surface area contributed by atoms with Gasteiger partial charge in [0.2, 0.25) is 0 Å². The molecule has 0 radical (unpaired) electrons. The van der Waals surface area contributed by atoms with E-state index in [-0.39, 0.29) is 5.84 Å². The zero-order valence-corrected chi connectivity index (χ0v) is 15.1. The first-order chi connectivity index (χ1) is 13.1. The van der Waals surface area contributed by atoms with Gasteiger partial charge in [0.1, 0.15) is 24.3 Å². The summed E-state index contributed by atoms with van der Waals surface area (Å²) in [6.07, 6.45) is 3.29. The SMILES string of the molecule is CC/N=C(\N)c1ccc(-c2ccc(-c3ccc(/C(N)=N/OC)cn3)o2)nc1. The van der Waals surface area contributed by atoms with Gasteiger partial charge in [-0.3, -0.25) is 15.0 Å². The van der Waals surface area contributed by atoms with Crippen LogP contribution in [0, 0.1) is 0 Å². The van der Waals surface area contributed by atoms with Gasteiger partial charge in [-0.25, -0.2) is 0 Å². The second-order valence-electron chi connectivity index (χ2n) is 5.55. The van der Waals surface area contributed by atoms with E-state index in [1.165, 1.54) is 7.11 Å². The molecule has 0 unspecified atom stereocenters. The monoisotopic (exact) mass is 364 g/mol. The van der Waals surface area contributed by atoms with Gasteiger partial charge in [0.15, 0.2) is 17.4 Å². The molecule has 4 N–H and O–H groups in total. The van der Waals surface area contributed by atoms with Crippen LogP contribution >= 0.6 is 0 Å². The maximum absolute atomic E-state index is 5.88. The van der Waals surface area contributed by atoms with Crippen LogP contribution < -0.4 is 11.5 Å². The van der Waals surface area contributed by atoms with Gasteiger partial charge in [-0.05, 0) is 43.3 Å². The summed E-state index contributed by atoms with van der Waals surface area (Å²) in [6, 6.07) is 11.0. The summed E-state index contributed by atoms with van der Waals surface area (Å²) in [7, 11) is 1.44. The normalized spacial score (nSPS) is 12.2. The van der Waals surface area contributed by atoms with Crippen LogP contribution in [0.2, 0.25) is 0 Å². The zero-order chi connectivity index (χ0) is 19.2. The molecule has 0 aliphatic carbocycles. The lowest BCUT2D eigenvalue weighted by Crippen LogP contribution is -2.13. The lowest BCUT2D eigenvalue weighted by molar-refractivity contribution is 0.213. The number of furan rings is 1. The van der Waals surface area contributed by atoms with Crippen molar-refractivity contribution in [3.8, 4) is 22.9 Å². The highest BCUT2D eigenvalue weighted by Crippen LogP contribution is 2.26. The molecule has 0 aliphatic heterocycles. The first kappa shape index (κ1) is 18.1. The number of aromatic nitrogens is 2. The van der Waals surface area contributed by atoms with Crippen LogP contribution in [0.1, 0.15) is 18.1 Å². The van der Waals surface area contributed by atoms with Gasteiger partial charge >= 0.3 is 0 Å². The van der Waals surface area contributed by atoms with Gasteiger partial charge in [0.25, 0.3) is 0 Å². The van der Waals surface area contributed by atoms with Gasteiger partial charge < -0.3 is 20.7 Å². The molecule has 3 rings (SSSR count). The average Bonchev–Trinajstić information content (AvgIpc) is 3.19. The third-order valence-electron chi connectivity index (χ3n) is 3.75. The van der Waals surface area contributed by atoms with Gasteiger partial charge in [0.05, 0.1) is 0 Å². The quantitative estimate of drug-likeness (QED) is 0.393. The molecule has 8 nitrogen and oxygen atoms in total. The molecule has 0 fully saturated rings. The number of pyridine rings is 2. The van der Waals surface area contributed by atoms with Crippen molar-refractivity contribution in [1.29, 1.82) is 0 Å². The third-order valence-corrected chi connectivity index (χ3v) is 3.75. The Morgan fingerprint density at radius 3 is 1.93 bits per heavy atom. The minimum absolute atomic E-state index is 0.256. The summed E-state index contributed by atoms with van der Waals surface area (Å²) in [6.45, 7) is 2.56. The van der Waals surface area contributed by atoms with Gasteiger partial charge in [-0.15, -0.1) is 0 Å². The first-order valence-electron chi connectivity index (χ1n) is 8.32. The predicted octanol–water partition coefficient (Wildman–Crippen LogP) is 2.40. The maximum atomic E-state index is 5.88. The molecule has 3 heterocycles. The molecule has 0 atom stereocenters. The lowest BCUT2D eigenvalue weighted by atomic mass is 10.2. The third kappa shape index (κ3) is 4.12. The molecular weight excluding hydrogens is 344 g/mol. The standard InChI is InChI=1S/C19H20N6O2/c1-3-22-18(20)12-4-6-14(23-10-12)16-8-9-17(27-16)15-7-5-13(11-24-15)19(21)25-26-2/h4-11H,3H2,1-2H3,(H2,20,22)(H2,21,25). The number of hydrogen-bond donors (Lipinski definition) is 2. The highest BCUT2D eigenvalue weighted by atomic mass is 16.6. The highest BCUT2D eigenvalue weighted by molar-refractivity contribution is 5.97. The Bertz CT molecular complexity index is 881. The van der Waals surface area contributed by atoms with Crippen molar-refractivity contribution in [2.45, 2.75) is 6.92 Å². The smallest absolute Gasteiger partial charge is 0.171 e. The first-order valence-corrected chi connectivity index (χ1v) is 8.32. The number of hydrogen-bond acceptors (Lipinski definition) is 6. The molecule has 0 aromatic carbocycles. The van der Waals surface area contributed by atoms with Crippen molar-refractivity contribution in [2.75, 3.05) is 13.7 Å². The summed E-state index contributed by atoms with van der Waals surface area (Å²) in [5.41, 5.74) is 14.5. The van der Waals surface area contributed by atoms with Gasteiger partial charge in [-0.2, -0.15) is 0 Å².